The first-order valence-corrected chi connectivity index (χ1v) is 5.91. The summed E-state index contributed by atoms with van der Waals surface area (Å²) in [6.45, 7) is 0. The zero-order valence-corrected chi connectivity index (χ0v) is 11.2. The van der Waals surface area contributed by atoms with Gasteiger partial charge in [0.25, 0.3) is 0 Å². The summed E-state index contributed by atoms with van der Waals surface area (Å²) in [4.78, 5) is 0. The molecular formula is C15H13N3O2. The molecule has 0 aliphatic carbocycles. The first kappa shape index (κ1) is 13.6. The maximum absolute atomic E-state index is 9.03. The van der Waals surface area contributed by atoms with Gasteiger partial charge in [0.2, 0.25) is 0 Å². The second-order valence-electron chi connectivity index (χ2n) is 3.87. The number of hydrogen-bond acceptors (Lipinski definition) is 5. The maximum atomic E-state index is 9.03. The van der Waals surface area contributed by atoms with Gasteiger partial charge in [-0.2, -0.15) is 10.4 Å². The van der Waals surface area contributed by atoms with Crippen molar-refractivity contribution in [2.45, 2.75) is 0 Å². The Kier molecular flexibility index (Phi) is 4.30. The molecule has 0 atom stereocenters. The van der Waals surface area contributed by atoms with E-state index in [1.54, 1.807) is 12.1 Å². The molecule has 0 N–H and O–H groups in total. The second-order valence-corrected chi connectivity index (χ2v) is 3.87. The van der Waals surface area contributed by atoms with Crippen LogP contribution in [0.5, 0.6) is 11.5 Å². The number of nitriles is 1. The third-order valence-corrected chi connectivity index (χ3v) is 2.65. The van der Waals surface area contributed by atoms with Gasteiger partial charge in [0.05, 0.1) is 25.5 Å². The minimum Gasteiger partial charge on any atom is -0.495 e. The molecule has 0 fully saturated rings. The lowest BCUT2D eigenvalue weighted by molar-refractivity contribution is 0.403. The van der Waals surface area contributed by atoms with E-state index in [9.17, 15) is 0 Å². The van der Waals surface area contributed by atoms with Gasteiger partial charge < -0.3 is 9.47 Å². The topological polar surface area (TPSA) is 67.0 Å². The van der Waals surface area contributed by atoms with Crippen LogP contribution in [0.4, 0.5) is 11.4 Å². The quantitative estimate of drug-likeness (QED) is 0.786. The maximum Gasteiger partial charge on any atom is 0.147 e. The molecule has 2 aromatic rings. The van der Waals surface area contributed by atoms with Crippen molar-refractivity contribution in [3.05, 3.63) is 48.0 Å². The largest absolute Gasteiger partial charge is 0.495 e. The predicted molar refractivity (Wildman–Crippen MR) is 74.9 cm³/mol. The summed E-state index contributed by atoms with van der Waals surface area (Å²) in [6.07, 6.45) is 0. The third kappa shape index (κ3) is 2.93. The molecule has 0 spiro atoms. The predicted octanol–water partition coefficient (Wildman–Crippen LogP) is 3.99. The molecule has 0 unspecified atom stereocenters. The molecule has 0 amide bonds. The first-order chi connectivity index (χ1) is 9.78. The fourth-order valence-corrected chi connectivity index (χ4v) is 1.65. The van der Waals surface area contributed by atoms with Gasteiger partial charge in [0.15, 0.2) is 0 Å². The number of nitrogens with zero attached hydrogens (tertiary/aromatic N) is 3. The van der Waals surface area contributed by atoms with Crippen LogP contribution in [-0.2, 0) is 0 Å². The molecule has 0 aliphatic rings. The number of benzene rings is 2. The molecule has 5 nitrogen and oxygen atoms in total. The van der Waals surface area contributed by atoms with Crippen LogP contribution in [0.25, 0.3) is 0 Å². The van der Waals surface area contributed by atoms with Gasteiger partial charge >= 0.3 is 0 Å². The van der Waals surface area contributed by atoms with Gasteiger partial charge in [-0.05, 0) is 12.1 Å². The van der Waals surface area contributed by atoms with Crippen LogP contribution in [0.1, 0.15) is 5.56 Å². The van der Waals surface area contributed by atoms with E-state index in [2.05, 4.69) is 10.2 Å². The SMILES string of the molecule is COc1cc(N=Nc2ccccc2)c(OC)cc1C#N. The van der Waals surface area contributed by atoms with Crippen molar-refractivity contribution in [3.8, 4) is 17.6 Å². The molecule has 5 heteroatoms. The summed E-state index contributed by atoms with van der Waals surface area (Å²) in [5.41, 5.74) is 1.63. The lowest BCUT2D eigenvalue weighted by Crippen LogP contribution is -1.90. The van der Waals surface area contributed by atoms with Crippen LogP contribution in [0.2, 0.25) is 0 Å². The second kappa shape index (κ2) is 6.34. The molecule has 2 rings (SSSR count). The molecule has 0 bridgehead atoms. The molecule has 20 heavy (non-hydrogen) atoms. The Morgan fingerprint density at radius 1 is 0.950 bits per heavy atom. The van der Waals surface area contributed by atoms with Crippen molar-refractivity contribution in [1.29, 1.82) is 5.26 Å². The number of hydrogen-bond donors (Lipinski definition) is 0. The highest BCUT2D eigenvalue weighted by molar-refractivity contribution is 5.61. The highest BCUT2D eigenvalue weighted by atomic mass is 16.5. The Bertz CT molecular complexity index is 661. The lowest BCUT2D eigenvalue weighted by Gasteiger charge is -2.08. The van der Waals surface area contributed by atoms with Gasteiger partial charge in [-0.3, -0.25) is 0 Å². The fraction of sp³-hybridized carbons (Fsp3) is 0.133. The summed E-state index contributed by atoms with van der Waals surface area (Å²) >= 11 is 0. The van der Waals surface area contributed by atoms with E-state index >= 15 is 0 Å². The van der Waals surface area contributed by atoms with Crippen molar-refractivity contribution in [3.63, 3.8) is 0 Å². The number of rotatable bonds is 4. The average molecular weight is 267 g/mol. The first-order valence-electron chi connectivity index (χ1n) is 5.91. The molecule has 0 radical (unpaired) electrons. The van der Waals surface area contributed by atoms with E-state index < -0.39 is 0 Å². The van der Waals surface area contributed by atoms with Crippen molar-refractivity contribution in [2.75, 3.05) is 14.2 Å². The van der Waals surface area contributed by atoms with Gasteiger partial charge in [-0.25, -0.2) is 0 Å². The summed E-state index contributed by atoms with van der Waals surface area (Å²) in [5.74, 6) is 0.914. The molecule has 0 saturated heterocycles. The Labute approximate surface area is 117 Å². The van der Waals surface area contributed by atoms with Crippen LogP contribution < -0.4 is 9.47 Å². The van der Waals surface area contributed by atoms with Crippen molar-refractivity contribution < 1.29 is 9.47 Å². The molecule has 0 aliphatic heterocycles. The third-order valence-electron chi connectivity index (χ3n) is 2.65. The molecule has 100 valence electrons. The van der Waals surface area contributed by atoms with E-state index in [4.69, 9.17) is 14.7 Å². The highest BCUT2D eigenvalue weighted by Crippen LogP contribution is 2.35. The summed E-state index contributed by atoms with van der Waals surface area (Å²) in [6, 6.07) is 14.6. The average Bonchev–Trinajstić information content (AvgIpc) is 2.52. The number of methoxy groups -OCH3 is 2. The van der Waals surface area contributed by atoms with Gasteiger partial charge in [0, 0.05) is 12.1 Å². The van der Waals surface area contributed by atoms with E-state index in [0.29, 0.717) is 22.7 Å². The van der Waals surface area contributed by atoms with E-state index in [1.807, 2.05) is 36.4 Å². The normalized spacial score (nSPS) is 10.2. The molecule has 0 heterocycles. The molecule has 2 aromatic carbocycles. The van der Waals surface area contributed by atoms with Crippen molar-refractivity contribution >= 4 is 11.4 Å². The zero-order valence-electron chi connectivity index (χ0n) is 11.2. The lowest BCUT2D eigenvalue weighted by atomic mass is 10.2. The standard InChI is InChI=1S/C15H13N3O2/c1-19-14-9-13(15(20-2)8-11(14)10-16)18-17-12-6-4-3-5-7-12/h3-9H,1-2H3. The van der Waals surface area contributed by atoms with Crippen molar-refractivity contribution in [2.24, 2.45) is 10.2 Å². The van der Waals surface area contributed by atoms with Gasteiger partial charge in [-0.15, -0.1) is 5.11 Å². The molecule has 0 aromatic heterocycles. The van der Waals surface area contributed by atoms with Crippen LogP contribution in [0, 0.1) is 11.3 Å². The highest BCUT2D eigenvalue weighted by Gasteiger charge is 2.10. The van der Waals surface area contributed by atoms with E-state index in [-0.39, 0.29) is 0 Å². The monoisotopic (exact) mass is 267 g/mol. The fourth-order valence-electron chi connectivity index (χ4n) is 1.65. The van der Waals surface area contributed by atoms with Crippen LogP contribution >= 0.6 is 0 Å². The summed E-state index contributed by atoms with van der Waals surface area (Å²) in [7, 11) is 3.02. The smallest absolute Gasteiger partial charge is 0.147 e. The molecular weight excluding hydrogens is 254 g/mol. The Balaban J connectivity index is 2.41. The van der Waals surface area contributed by atoms with Crippen LogP contribution in [0.3, 0.4) is 0 Å². The van der Waals surface area contributed by atoms with Crippen LogP contribution in [-0.4, -0.2) is 14.2 Å². The summed E-state index contributed by atoms with van der Waals surface area (Å²) < 4.78 is 10.4. The summed E-state index contributed by atoms with van der Waals surface area (Å²) in [5, 5.41) is 17.3. The Hall–Kier alpha value is -2.87. The van der Waals surface area contributed by atoms with Gasteiger partial charge in [0.1, 0.15) is 23.3 Å². The Morgan fingerprint density at radius 2 is 1.65 bits per heavy atom. The molecule has 0 saturated carbocycles. The zero-order chi connectivity index (χ0) is 14.4. The number of ether oxygens (including phenoxy) is 2. The minimum absolute atomic E-state index is 0.392. The van der Waals surface area contributed by atoms with Crippen LogP contribution in [0.15, 0.2) is 52.7 Å². The Morgan fingerprint density at radius 3 is 2.25 bits per heavy atom. The number of azo groups is 1. The minimum atomic E-state index is 0.392. The van der Waals surface area contributed by atoms with E-state index in [1.165, 1.54) is 14.2 Å². The van der Waals surface area contributed by atoms with E-state index in [0.717, 1.165) is 5.69 Å². The van der Waals surface area contributed by atoms with Crippen molar-refractivity contribution in [1.82, 2.24) is 0 Å². The van der Waals surface area contributed by atoms with Gasteiger partial charge in [-0.1, -0.05) is 18.2 Å².